The first-order chi connectivity index (χ1) is 11.6. The van der Waals surface area contributed by atoms with Gasteiger partial charge in [0.1, 0.15) is 18.0 Å². The molecule has 1 aromatic rings. The number of carbonyl (C=O) groups is 2. The molecule has 0 spiro atoms. The lowest BCUT2D eigenvalue weighted by Crippen LogP contribution is -2.45. The van der Waals surface area contributed by atoms with Crippen LogP contribution in [0.4, 0.5) is 9.18 Å². The van der Waals surface area contributed by atoms with Crippen molar-refractivity contribution in [3.8, 4) is 11.5 Å². The van der Waals surface area contributed by atoms with Crippen molar-refractivity contribution in [2.24, 2.45) is 5.92 Å². The first-order valence-electron chi connectivity index (χ1n) is 8.02. The summed E-state index contributed by atoms with van der Waals surface area (Å²) in [5.74, 6) is -0.439. The number of alkyl carbamates (subject to hydrolysis) is 1. The second-order valence-corrected chi connectivity index (χ2v) is 6.95. The fraction of sp³-hybridized carbons (Fsp3) is 0.556. The molecule has 1 aromatic carbocycles. The van der Waals surface area contributed by atoms with E-state index in [0.29, 0.717) is 6.29 Å². The number of nitrogens with one attached hydrogen (secondary N) is 1. The van der Waals surface area contributed by atoms with E-state index in [1.165, 1.54) is 13.2 Å². The summed E-state index contributed by atoms with van der Waals surface area (Å²) >= 11 is 0. The predicted molar refractivity (Wildman–Crippen MR) is 91.8 cm³/mol. The van der Waals surface area contributed by atoms with Crippen molar-refractivity contribution in [2.45, 2.75) is 46.3 Å². The highest BCUT2D eigenvalue weighted by molar-refractivity contribution is 5.80. The van der Waals surface area contributed by atoms with Crippen LogP contribution in [0.5, 0.6) is 11.5 Å². The Morgan fingerprint density at radius 1 is 1.28 bits per heavy atom. The normalized spacial score (nSPS) is 12.5. The molecule has 1 rings (SSSR count). The number of benzene rings is 1. The van der Waals surface area contributed by atoms with Crippen LogP contribution in [0.1, 0.15) is 45.0 Å². The molecule has 0 aliphatic heterocycles. The molecule has 0 saturated carbocycles. The fourth-order valence-corrected chi connectivity index (χ4v) is 1.96. The number of hydrogen-bond acceptors (Lipinski definition) is 5. The van der Waals surface area contributed by atoms with Crippen molar-refractivity contribution < 1.29 is 28.2 Å². The standard InChI is InChI=1S/C18H26FNO5/c1-11(2)14(20-17(22)25-18(3,4)5)10-24-15-8-16(23-6)13(19)7-12(15)9-21/h7-9,11,14H,10H2,1-6H3,(H,20,22). The zero-order valence-electron chi connectivity index (χ0n) is 15.5. The van der Waals surface area contributed by atoms with Crippen LogP contribution in [-0.4, -0.2) is 37.7 Å². The van der Waals surface area contributed by atoms with Crippen molar-refractivity contribution in [3.63, 3.8) is 0 Å². The van der Waals surface area contributed by atoms with Crippen LogP contribution < -0.4 is 14.8 Å². The van der Waals surface area contributed by atoms with E-state index < -0.39 is 17.5 Å². The first-order valence-corrected chi connectivity index (χ1v) is 8.02. The lowest BCUT2D eigenvalue weighted by Gasteiger charge is -2.26. The van der Waals surface area contributed by atoms with Crippen molar-refractivity contribution in [1.29, 1.82) is 0 Å². The van der Waals surface area contributed by atoms with E-state index in [-0.39, 0.29) is 35.6 Å². The molecule has 0 saturated heterocycles. The van der Waals surface area contributed by atoms with E-state index in [1.54, 1.807) is 20.8 Å². The third-order valence-corrected chi connectivity index (χ3v) is 3.34. The molecule has 1 amide bonds. The van der Waals surface area contributed by atoms with Gasteiger partial charge in [-0.05, 0) is 32.8 Å². The number of ether oxygens (including phenoxy) is 3. The van der Waals surface area contributed by atoms with Crippen molar-refractivity contribution in [1.82, 2.24) is 5.32 Å². The maximum Gasteiger partial charge on any atom is 0.407 e. The summed E-state index contributed by atoms with van der Waals surface area (Å²) in [6.45, 7) is 9.24. The van der Waals surface area contributed by atoms with Crippen LogP contribution >= 0.6 is 0 Å². The summed E-state index contributed by atoms with van der Waals surface area (Å²) in [6.07, 6.45) is -0.0501. The molecule has 0 radical (unpaired) electrons. The van der Waals surface area contributed by atoms with Crippen molar-refractivity contribution >= 4 is 12.4 Å². The minimum atomic E-state index is -0.649. The molecular formula is C18H26FNO5. The molecular weight excluding hydrogens is 329 g/mol. The summed E-state index contributed by atoms with van der Waals surface area (Å²) in [5, 5.41) is 2.74. The quantitative estimate of drug-likeness (QED) is 0.757. The Balaban J connectivity index is 2.84. The summed E-state index contributed by atoms with van der Waals surface area (Å²) in [7, 11) is 1.32. The van der Waals surface area contributed by atoms with Gasteiger partial charge in [0.25, 0.3) is 0 Å². The second kappa shape index (κ2) is 8.69. The maximum absolute atomic E-state index is 13.7. The third kappa shape index (κ3) is 6.60. The molecule has 140 valence electrons. The van der Waals surface area contributed by atoms with Gasteiger partial charge < -0.3 is 19.5 Å². The molecule has 1 N–H and O–H groups in total. The van der Waals surface area contributed by atoms with Gasteiger partial charge in [0.05, 0.1) is 18.7 Å². The van der Waals surface area contributed by atoms with E-state index in [2.05, 4.69) is 5.32 Å². The van der Waals surface area contributed by atoms with Gasteiger partial charge in [-0.3, -0.25) is 4.79 Å². The second-order valence-electron chi connectivity index (χ2n) is 6.95. The van der Waals surface area contributed by atoms with E-state index in [0.717, 1.165) is 6.07 Å². The van der Waals surface area contributed by atoms with E-state index in [9.17, 15) is 14.0 Å². The lowest BCUT2D eigenvalue weighted by atomic mass is 10.1. The number of methoxy groups -OCH3 is 1. The zero-order chi connectivity index (χ0) is 19.2. The summed E-state index contributed by atoms with van der Waals surface area (Å²) in [6, 6.07) is 2.00. The van der Waals surface area contributed by atoms with Crippen LogP contribution in [0.25, 0.3) is 0 Å². The van der Waals surface area contributed by atoms with Crippen LogP contribution in [0.3, 0.4) is 0 Å². The lowest BCUT2D eigenvalue weighted by molar-refractivity contribution is 0.0468. The van der Waals surface area contributed by atoms with Crippen LogP contribution in [0.15, 0.2) is 12.1 Å². The molecule has 0 aromatic heterocycles. The Kier molecular flexibility index (Phi) is 7.21. The number of rotatable bonds is 7. The molecule has 1 unspecified atom stereocenters. The zero-order valence-corrected chi connectivity index (χ0v) is 15.5. The van der Waals surface area contributed by atoms with Gasteiger partial charge in [0, 0.05) is 6.07 Å². The summed E-state index contributed by atoms with van der Waals surface area (Å²) in [4.78, 5) is 23.1. The minimum Gasteiger partial charge on any atom is -0.494 e. The summed E-state index contributed by atoms with van der Waals surface area (Å²) in [5.41, 5.74) is -0.542. The Bertz CT molecular complexity index is 610. The van der Waals surface area contributed by atoms with E-state index in [1.807, 2.05) is 13.8 Å². The number of aldehydes is 1. The highest BCUT2D eigenvalue weighted by Gasteiger charge is 2.22. The number of halogens is 1. The largest absolute Gasteiger partial charge is 0.494 e. The van der Waals surface area contributed by atoms with Crippen LogP contribution in [0.2, 0.25) is 0 Å². The predicted octanol–water partition coefficient (Wildman–Crippen LogP) is 3.57. The Morgan fingerprint density at radius 3 is 2.40 bits per heavy atom. The maximum atomic E-state index is 13.7. The van der Waals surface area contributed by atoms with Gasteiger partial charge in [0.15, 0.2) is 17.9 Å². The summed E-state index contributed by atoms with van der Waals surface area (Å²) < 4.78 is 29.4. The smallest absolute Gasteiger partial charge is 0.407 e. The Hall–Kier alpha value is -2.31. The van der Waals surface area contributed by atoms with Gasteiger partial charge >= 0.3 is 6.09 Å². The SMILES string of the molecule is COc1cc(OCC(NC(=O)OC(C)(C)C)C(C)C)c(C=O)cc1F. The van der Waals surface area contributed by atoms with Crippen LogP contribution in [0, 0.1) is 11.7 Å². The first kappa shape index (κ1) is 20.7. The van der Waals surface area contributed by atoms with Gasteiger partial charge in [-0.25, -0.2) is 9.18 Å². The Labute approximate surface area is 147 Å². The highest BCUT2D eigenvalue weighted by atomic mass is 19.1. The van der Waals surface area contributed by atoms with Crippen molar-refractivity contribution in [2.75, 3.05) is 13.7 Å². The highest BCUT2D eigenvalue weighted by Crippen LogP contribution is 2.27. The molecule has 0 heterocycles. The molecule has 0 bridgehead atoms. The van der Waals surface area contributed by atoms with Crippen molar-refractivity contribution in [3.05, 3.63) is 23.5 Å². The monoisotopic (exact) mass is 355 g/mol. The van der Waals surface area contributed by atoms with Crippen LogP contribution in [-0.2, 0) is 4.74 Å². The van der Waals surface area contributed by atoms with Gasteiger partial charge in [-0.15, -0.1) is 0 Å². The number of hydrogen-bond donors (Lipinski definition) is 1. The van der Waals surface area contributed by atoms with Gasteiger partial charge in [0.2, 0.25) is 0 Å². The molecule has 1 atom stereocenters. The average molecular weight is 355 g/mol. The number of amides is 1. The van der Waals surface area contributed by atoms with Gasteiger partial charge in [-0.2, -0.15) is 0 Å². The topological polar surface area (TPSA) is 73.9 Å². The average Bonchev–Trinajstić information content (AvgIpc) is 2.49. The van der Waals surface area contributed by atoms with E-state index in [4.69, 9.17) is 14.2 Å². The van der Waals surface area contributed by atoms with Gasteiger partial charge in [-0.1, -0.05) is 13.8 Å². The molecule has 0 aliphatic carbocycles. The molecule has 6 nitrogen and oxygen atoms in total. The third-order valence-electron chi connectivity index (χ3n) is 3.34. The molecule has 0 aliphatic rings. The van der Waals surface area contributed by atoms with E-state index >= 15 is 0 Å². The number of carbonyl (C=O) groups excluding carboxylic acids is 2. The molecule has 7 heteroatoms. The molecule has 25 heavy (non-hydrogen) atoms. The Morgan fingerprint density at radius 2 is 1.92 bits per heavy atom. The molecule has 0 fully saturated rings. The minimum absolute atomic E-state index is 0.0261. The fourth-order valence-electron chi connectivity index (χ4n) is 1.96.